The van der Waals surface area contributed by atoms with Gasteiger partial charge in [0.15, 0.2) is 11.5 Å². The third kappa shape index (κ3) is 22.1. The van der Waals surface area contributed by atoms with Crippen molar-refractivity contribution in [3.05, 3.63) is 295 Å². The number of nitrogens with zero attached hydrogens (tertiary/aromatic N) is 10. The summed E-state index contributed by atoms with van der Waals surface area (Å²) < 4.78 is 30.7. The molecular formula is C101H99Br2IN10O9S5. The molecule has 5 amide bonds. The molecule has 20 rings (SSSR count). The summed E-state index contributed by atoms with van der Waals surface area (Å²) in [5.74, 6) is 4.60. The number of amides is 5. The Labute approximate surface area is 796 Å². The zero-order chi connectivity index (χ0) is 88.7. The molecular weight excluding hydrogens is 1940 g/mol. The standard InChI is InChI=1S/C22H23BrN2O3S.C21H22N2O3S.C20H20N2OS.C19H17BrN2OS.C19H17IN2OS/c1-3-28-18-12-15(11-16(23)20(18)27-2)22(26)25-10-6-7-14(13-25)21-24-17-8-4-5-9-19(17)29-21;1-25-16-10-15(11-17(12-16)26-2)21(24)23-9-5-6-14(13-23)20-22-18-7-3-4-8-19(18)27-20;1-14-6-2-3-7-16(14)20(23)22-12-10-15(11-13-22)19-21-17-8-4-5-9-18(17)24-19;2*20-15-9-7-13(8-10-15)19(23)22-11-3-4-14(12-22)18-21-16-5-1-2-6-17(16)24-18/h4-5,8-9,11-12,14H,3,6-7,10,13H2,1-2H3;3-4,7-8,10-12,14H,5-6,9,13H2,1-2H3;2-9,15H,10-13H2,1H3;2*1-2,5-10,14H,3-4,11-12H2. The Bertz CT molecular complexity index is 6080. The molecule has 4 unspecified atom stereocenters. The lowest BCUT2D eigenvalue weighted by molar-refractivity contribution is 0.0699. The van der Waals surface area contributed by atoms with Crippen LogP contribution in [0.5, 0.6) is 23.0 Å². The molecule has 4 atom stereocenters. The van der Waals surface area contributed by atoms with Gasteiger partial charge in [-0.3, -0.25) is 24.0 Å². The minimum atomic E-state index is 0.0120. The number of carbonyl (C=O) groups excluding carboxylic acids is 5. The number of aromatic nitrogens is 5. The van der Waals surface area contributed by atoms with Crippen molar-refractivity contribution in [3.8, 4) is 23.0 Å². The van der Waals surface area contributed by atoms with Crippen LogP contribution >= 0.6 is 111 Å². The highest BCUT2D eigenvalue weighted by molar-refractivity contribution is 14.1. The molecule has 5 aromatic heterocycles. The van der Waals surface area contributed by atoms with Crippen molar-refractivity contribution in [2.45, 2.75) is 108 Å². The highest BCUT2D eigenvalue weighted by Crippen LogP contribution is 2.42. The number of hydrogen-bond acceptors (Lipinski definition) is 19. The van der Waals surface area contributed by atoms with Gasteiger partial charge in [0.1, 0.15) is 11.5 Å². The first-order valence-electron chi connectivity index (χ1n) is 43.5. The number of methoxy groups -OCH3 is 3. The van der Waals surface area contributed by atoms with E-state index in [1.54, 1.807) is 102 Å². The number of halogens is 3. The Morgan fingerprint density at radius 2 is 0.703 bits per heavy atom. The van der Waals surface area contributed by atoms with Crippen LogP contribution in [0.25, 0.3) is 51.1 Å². The fourth-order valence-electron chi connectivity index (χ4n) is 17.1. The van der Waals surface area contributed by atoms with Gasteiger partial charge in [0.25, 0.3) is 29.5 Å². The van der Waals surface area contributed by atoms with Crippen molar-refractivity contribution in [2.24, 2.45) is 0 Å². The van der Waals surface area contributed by atoms with Gasteiger partial charge in [-0.05, 0) is 262 Å². The van der Waals surface area contributed by atoms with Crippen molar-refractivity contribution in [2.75, 3.05) is 93.4 Å². The maximum atomic E-state index is 13.2. The molecule has 5 saturated heterocycles. The van der Waals surface area contributed by atoms with E-state index in [4.69, 9.17) is 43.9 Å². The average Bonchev–Trinajstić information content (AvgIpc) is 1.63. The number of fused-ring (bicyclic) bond motifs is 5. The van der Waals surface area contributed by atoms with Crippen molar-refractivity contribution in [1.29, 1.82) is 0 Å². The summed E-state index contributed by atoms with van der Waals surface area (Å²) in [6.45, 7) is 12.1. The van der Waals surface area contributed by atoms with Crippen LogP contribution in [0, 0.1) is 10.5 Å². The van der Waals surface area contributed by atoms with Gasteiger partial charge in [-0.15, -0.1) is 56.7 Å². The van der Waals surface area contributed by atoms with Gasteiger partial charge < -0.3 is 43.4 Å². The minimum absolute atomic E-state index is 0.0120. The van der Waals surface area contributed by atoms with Gasteiger partial charge in [-0.1, -0.05) is 94.8 Å². The van der Waals surface area contributed by atoms with E-state index in [9.17, 15) is 24.0 Å². The Morgan fingerprint density at radius 3 is 1.05 bits per heavy atom. The van der Waals surface area contributed by atoms with E-state index < -0.39 is 0 Å². The molecule has 658 valence electrons. The highest BCUT2D eigenvalue weighted by Gasteiger charge is 2.34. The predicted molar refractivity (Wildman–Crippen MR) is 533 cm³/mol. The number of para-hydroxylation sites is 5. The number of aryl methyl sites for hydroxylation is 1. The smallest absolute Gasteiger partial charge is 0.254 e. The molecule has 5 fully saturated rings. The van der Waals surface area contributed by atoms with Crippen LogP contribution in [0.2, 0.25) is 0 Å². The average molecular weight is 2040 g/mol. The molecule has 10 heterocycles. The number of carbonyl (C=O) groups is 5. The van der Waals surface area contributed by atoms with Gasteiger partial charge >= 0.3 is 0 Å². The highest BCUT2D eigenvalue weighted by atomic mass is 127. The summed E-state index contributed by atoms with van der Waals surface area (Å²) in [7, 11) is 4.78. The number of rotatable bonds is 15. The molecule has 5 aliphatic heterocycles. The molecule has 19 nitrogen and oxygen atoms in total. The predicted octanol–water partition coefficient (Wildman–Crippen LogP) is 24.4. The number of likely N-dealkylation sites (tertiary alicyclic amines) is 5. The van der Waals surface area contributed by atoms with Crippen LogP contribution in [-0.4, -0.2) is 172 Å². The maximum absolute atomic E-state index is 13.2. The first kappa shape index (κ1) is 91.2. The molecule has 0 aliphatic carbocycles. The summed E-state index contributed by atoms with van der Waals surface area (Å²) in [5, 5.41) is 5.78. The lowest BCUT2D eigenvalue weighted by atomic mass is 9.96. The Morgan fingerprint density at radius 1 is 0.367 bits per heavy atom. The number of hydrogen-bond donors (Lipinski definition) is 0. The van der Waals surface area contributed by atoms with Gasteiger partial charge in [0.05, 0.1) is 109 Å². The van der Waals surface area contributed by atoms with Crippen LogP contribution in [0.1, 0.15) is 183 Å². The molecule has 0 radical (unpaired) electrons. The molecule has 0 N–H and O–H groups in total. The molecule has 5 aliphatic rings. The fourth-order valence-corrected chi connectivity index (χ4v) is 23.8. The van der Waals surface area contributed by atoms with Crippen LogP contribution in [0.15, 0.2) is 233 Å². The Balaban J connectivity index is 0.000000118. The first-order valence-corrected chi connectivity index (χ1v) is 50.2. The summed E-state index contributed by atoms with van der Waals surface area (Å²) in [6.07, 6.45) is 10.3. The van der Waals surface area contributed by atoms with E-state index in [0.717, 1.165) is 194 Å². The minimum Gasteiger partial charge on any atom is -0.497 e. The lowest BCUT2D eigenvalue weighted by Gasteiger charge is -2.32. The monoisotopic (exact) mass is 2040 g/mol. The van der Waals surface area contributed by atoms with E-state index in [1.165, 1.54) is 28.5 Å². The van der Waals surface area contributed by atoms with Gasteiger partial charge in [0.2, 0.25) is 0 Å². The van der Waals surface area contributed by atoms with E-state index in [2.05, 4.69) is 121 Å². The molecule has 0 spiro atoms. The van der Waals surface area contributed by atoms with E-state index in [-0.39, 0.29) is 41.4 Å². The number of benzene rings is 10. The SMILES string of the molecule is CCOc1cc(C(=O)N2CCCC(c3nc4ccccc4s3)C2)cc(Br)c1OC.COc1cc(OC)cc(C(=O)N2CCCC(c3nc4ccccc4s3)C2)c1.Cc1ccccc1C(=O)N1CCC(c2nc3ccccc3s2)CC1.O=C(c1ccc(Br)cc1)N1CCCC(c2nc3ccccc3s2)C1.O=C(c1ccc(I)cc1)N1CCCC(c2nc3ccccc3s2)C1. The van der Waals surface area contributed by atoms with Gasteiger partial charge in [-0.25, -0.2) is 24.9 Å². The first-order chi connectivity index (χ1) is 62.4. The summed E-state index contributed by atoms with van der Waals surface area (Å²) in [5.41, 5.74) is 9.91. The zero-order valence-electron chi connectivity index (χ0n) is 71.9. The molecule has 10 aromatic carbocycles. The van der Waals surface area contributed by atoms with E-state index in [1.807, 2.05) is 172 Å². The second-order valence-corrected chi connectivity index (χ2v) is 40.7. The lowest BCUT2D eigenvalue weighted by Crippen LogP contribution is -2.39. The van der Waals surface area contributed by atoms with E-state index in [0.29, 0.717) is 76.0 Å². The van der Waals surface area contributed by atoms with Crippen LogP contribution in [-0.2, 0) is 0 Å². The molecule has 27 heteroatoms. The van der Waals surface area contributed by atoms with Crippen LogP contribution < -0.4 is 18.9 Å². The van der Waals surface area contributed by atoms with Crippen molar-refractivity contribution in [3.63, 3.8) is 0 Å². The van der Waals surface area contributed by atoms with Gasteiger partial charge in [-0.2, -0.15) is 0 Å². The summed E-state index contributed by atoms with van der Waals surface area (Å²) >= 11 is 18.0. The molecule has 15 aromatic rings. The quantitative estimate of drug-likeness (QED) is 0.0877. The second kappa shape index (κ2) is 43.1. The van der Waals surface area contributed by atoms with Crippen molar-refractivity contribution < 1.29 is 42.9 Å². The Kier molecular flexibility index (Phi) is 30.7. The van der Waals surface area contributed by atoms with Crippen molar-refractivity contribution in [1.82, 2.24) is 49.4 Å². The Hall–Kier alpha value is -10.1. The van der Waals surface area contributed by atoms with E-state index >= 15 is 0 Å². The second-order valence-electron chi connectivity index (χ2n) is 32.4. The zero-order valence-corrected chi connectivity index (χ0v) is 81.3. The topological polar surface area (TPSA) is 203 Å². The maximum Gasteiger partial charge on any atom is 0.254 e. The summed E-state index contributed by atoms with van der Waals surface area (Å²) in [6, 6.07) is 73.4. The largest absolute Gasteiger partial charge is 0.497 e. The van der Waals surface area contributed by atoms with Crippen LogP contribution in [0.3, 0.4) is 0 Å². The number of piperidine rings is 5. The third-order valence-corrected chi connectivity index (χ3v) is 31.7. The molecule has 0 bridgehead atoms. The molecule has 128 heavy (non-hydrogen) atoms. The number of thiazole rings is 5. The van der Waals surface area contributed by atoms with Crippen LogP contribution in [0.4, 0.5) is 0 Å². The van der Waals surface area contributed by atoms with Crippen molar-refractivity contribution >= 4 is 192 Å². The van der Waals surface area contributed by atoms with Gasteiger partial charge in [0, 0.05) is 137 Å². The number of ether oxygens (including phenoxy) is 4. The summed E-state index contributed by atoms with van der Waals surface area (Å²) in [4.78, 5) is 98.4. The normalized spacial score (nSPS) is 17.1. The third-order valence-electron chi connectivity index (χ3n) is 23.8. The fraction of sp³-hybridized carbons (Fsp3) is 0.307. The molecule has 0 saturated carbocycles.